The average Bonchev–Trinajstić information content (AvgIpc) is 3.04. The molecule has 2 nitrogen and oxygen atoms in total. The van der Waals surface area contributed by atoms with Crippen LogP contribution in [0.4, 0.5) is 17.1 Å². The summed E-state index contributed by atoms with van der Waals surface area (Å²) in [5.41, 5.74) is 8.33. The van der Waals surface area contributed by atoms with Crippen LogP contribution < -0.4 is 4.90 Å². The van der Waals surface area contributed by atoms with E-state index < -0.39 is 0 Å². The van der Waals surface area contributed by atoms with E-state index in [9.17, 15) is 0 Å². The predicted molar refractivity (Wildman–Crippen MR) is 166 cm³/mol. The molecular weight excluding hydrogens is 681 g/mol. The molecule has 0 N–H and O–H groups in total. The van der Waals surface area contributed by atoms with Crippen molar-refractivity contribution in [3.63, 3.8) is 0 Å². The van der Waals surface area contributed by atoms with Gasteiger partial charge in [-0.15, -0.1) is 77.7 Å². The van der Waals surface area contributed by atoms with Crippen LogP contribution in [0.3, 0.4) is 0 Å². The maximum Gasteiger partial charge on any atom is 0.0462 e. The molecular formula is C38H28AuN2-2. The van der Waals surface area contributed by atoms with Gasteiger partial charge in [0.05, 0.1) is 0 Å². The zero-order chi connectivity index (χ0) is 27.4. The van der Waals surface area contributed by atoms with Gasteiger partial charge in [-0.05, 0) is 66.8 Å². The number of rotatable bonds is 5. The summed E-state index contributed by atoms with van der Waals surface area (Å²) in [4.78, 5) is 6.89. The number of benzene rings is 5. The van der Waals surface area contributed by atoms with Gasteiger partial charge in [-0.1, -0.05) is 60.5 Å². The van der Waals surface area contributed by atoms with Crippen LogP contribution in [0.5, 0.6) is 0 Å². The Morgan fingerprint density at radius 2 is 0.976 bits per heavy atom. The molecule has 0 spiro atoms. The van der Waals surface area contributed by atoms with Crippen LogP contribution in [0.1, 0.15) is 12.5 Å². The Kier molecular flexibility index (Phi) is 10.9. The molecule has 1 aromatic heterocycles. The predicted octanol–water partition coefficient (Wildman–Crippen LogP) is 9.54. The Hall–Kier alpha value is -4.65. The van der Waals surface area contributed by atoms with Crippen molar-refractivity contribution in [2.24, 2.45) is 0 Å². The number of para-hydroxylation sites is 2. The fraction of sp³-hybridized carbons (Fsp3) is 0.0263. The summed E-state index contributed by atoms with van der Waals surface area (Å²) in [6.07, 6.45) is 0. The van der Waals surface area contributed by atoms with Crippen molar-refractivity contribution in [1.29, 1.82) is 0 Å². The van der Waals surface area contributed by atoms with E-state index in [2.05, 4.69) is 107 Å². The molecule has 5 aromatic carbocycles. The summed E-state index contributed by atoms with van der Waals surface area (Å²) in [5, 5.41) is 0. The normalized spacial score (nSPS) is 9.68. The van der Waals surface area contributed by atoms with Crippen molar-refractivity contribution in [2.45, 2.75) is 6.92 Å². The fourth-order valence-electron chi connectivity index (χ4n) is 4.28. The SMILES string of the molecule is CC#Cc1ccc(N(c2ccccc2)c2ccccc2)cc1.[Au].[c-]1ccccc1-c1cccc(-c2[c-]cccc2)n1. The van der Waals surface area contributed by atoms with Gasteiger partial charge in [-0.3, -0.25) is 0 Å². The Balaban J connectivity index is 0.000000188. The minimum absolute atomic E-state index is 0. The Labute approximate surface area is 258 Å². The van der Waals surface area contributed by atoms with E-state index in [4.69, 9.17) is 0 Å². The number of aromatic nitrogens is 1. The smallest absolute Gasteiger partial charge is 0.0462 e. The molecule has 203 valence electrons. The number of hydrogen-bond acceptors (Lipinski definition) is 2. The van der Waals surface area contributed by atoms with Crippen LogP contribution in [0.2, 0.25) is 0 Å². The summed E-state index contributed by atoms with van der Waals surface area (Å²) in [5.74, 6) is 6.02. The van der Waals surface area contributed by atoms with Crippen LogP contribution in [0.15, 0.2) is 152 Å². The molecule has 3 heteroatoms. The van der Waals surface area contributed by atoms with Gasteiger partial charge in [-0.25, -0.2) is 0 Å². The van der Waals surface area contributed by atoms with E-state index in [0.29, 0.717) is 0 Å². The summed E-state index contributed by atoms with van der Waals surface area (Å²) in [6.45, 7) is 1.86. The maximum absolute atomic E-state index is 4.65. The fourth-order valence-corrected chi connectivity index (χ4v) is 4.28. The van der Waals surface area contributed by atoms with Crippen molar-refractivity contribution in [2.75, 3.05) is 4.90 Å². The molecule has 6 rings (SSSR count). The van der Waals surface area contributed by atoms with Gasteiger partial charge in [-0.2, -0.15) is 0 Å². The van der Waals surface area contributed by atoms with Gasteiger partial charge in [0.1, 0.15) is 0 Å². The summed E-state index contributed by atoms with van der Waals surface area (Å²) >= 11 is 0. The molecule has 0 saturated heterocycles. The summed E-state index contributed by atoms with van der Waals surface area (Å²) < 4.78 is 0. The number of pyridine rings is 1. The molecule has 0 saturated carbocycles. The van der Waals surface area contributed by atoms with Crippen LogP contribution in [0, 0.1) is 24.0 Å². The van der Waals surface area contributed by atoms with Crippen molar-refractivity contribution < 1.29 is 22.4 Å². The first-order chi connectivity index (χ1) is 19.8. The average molecular weight is 710 g/mol. The minimum Gasteiger partial charge on any atom is -0.345 e. The molecule has 0 unspecified atom stereocenters. The summed E-state index contributed by atoms with van der Waals surface area (Å²) in [7, 11) is 0. The second kappa shape index (κ2) is 15.2. The third-order valence-corrected chi connectivity index (χ3v) is 6.14. The molecule has 0 aliphatic rings. The Bertz CT molecular complexity index is 1580. The third-order valence-electron chi connectivity index (χ3n) is 6.14. The second-order valence-corrected chi connectivity index (χ2v) is 8.89. The minimum atomic E-state index is 0. The largest absolute Gasteiger partial charge is 0.345 e. The topological polar surface area (TPSA) is 16.1 Å². The number of nitrogens with zero attached hydrogens (tertiary/aromatic N) is 2. The van der Waals surface area contributed by atoms with Gasteiger partial charge in [0.2, 0.25) is 0 Å². The molecule has 6 aromatic rings. The number of hydrogen-bond donors (Lipinski definition) is 0. The zero-order valence-electron chi connectivity index (χ0n) is 22.6. The van der Waals surface area contributed by atoms with Gasteiger partial charge in [0, 0.05) is 45.0 Å². The quantitative estimate of drug-likeness (QED) is 0.101. The maximum atomic E-state index is 4.65. The molecule has 0 fully saturated rings. The van der Waals surface area contributed by atoms with Crippen LogP contribution in [-0.2, 0) is 22.4 Å². The van der Waals surface area contributed by atoms with Gasteiger partial charge >= 0.3 is 0 Å². The first-order valence-electron chi connectivity index (χ1n) is 13.2. The third kappa shape index (κ3) is 7.94. The standard InChI is InChI=1S/C21H17N.C17H11N.Au/c1-2-9-18-14-16-21(17-15-18)22(19-10-5-3-6-11-19)20-12-7-4-8-13-20;1-3-8-14(9-4-1)16-12-7-13-17(18-16)15-10-5-2-6-11-15;/h3-8,10-17H,1H3;1-8,10,12-13H;/q;-2;. The zero-order valence-corrected chi connectivity index (χ0v) is 24.8. The monoisotopic (exact) mass is 709 g/mol. The van der Waals surface area contributed by atoms with Crippen LogP contribution in [-0.4, -0.2) is 4.98 Å². The van der Waals surface area contributed by atoms with Crippen LogP contribution in [0.25, 0.3) is 22.5 Å². The molecule has 1 radical (unpaired) electrons. The first-order valence-corrected chi connectivity index (χ1v) is 13.2. The van der Waals surface area contributed by atoms with Gasteiger partial charge in [0.25, 0.3) is 0 Å². The summed E-state index contributed by atoms with van der Waals surface area (Å²) in [6, 6.07) is 57.2. The van der Waals surface area contributed by atoms with Crippen molar-refractivity contribution >= 4 is 17.1 Å². The second-order valence-electron chi connectivity index (χ2n) is 8.89. The Morgan fingerprint density at radius 1 is 0.512 bits per heavy atom. The van der Waals surface area contributed by atoms with E-state index in [1.807, 2.05) is 85.8 Å². The van der Waals surface area contributed by atoms with E-state index >= 15 is 0 Å². The number of anilines is 3. The molecule has 0 amide bonds. The van der Waals surface area contributed by atoms with Crippen molar-refractivity contribution in [3.8, 4) is 34.4 Å². The molecule has 41 heavy (non-hydrogen) atoms. The van der Waals surface area contributed by atoms with E-state index in [1.165, 1.54) is 0 Å². The van der Waals surface area contributed by atoms with Gasteiger partial charge < -0.3 is 9.88 Å². The van der Waals surface area contributed by atoms with E-state index in [1.54, 1.807) is 0 Å². The Morgan fingerprint density at radius 3 is 1.41 bits per heavy atom. The molecule has 0 bridgehead atoms. The molecule has 0 aliphatic heterocycles. The van der Waals surface area contributed by atoms with E-state index in [0.717, 1.165) is 45.1 Å². The van der Waals surface area contributed by atoms with Gasteiger partial charge in [0.15, 0.2) is 0 Å². The van der Waals surface area contributed by atoms with Crippen molar-refractivity contribution in [1.82, 2.24) is 4.98 Å². The molecule has 0 atom stereocenters. The molecule has 1 heterocycles. The molecule has 0 aliphatic carbocycles. The van der Waals surface area contributed by atoms with E-state index in [-0.39, 0.29) is 22.4 Å². The van der Waals surface area contributed by atoms with Crippen molar-refractivity contribution in [3.05, 3.63) is 169 Å². The van der Waals surface area contributed by atoms with Crippen LogP contribution >= 0.6 is 0 Å². The first kappa shape index (κ1) is 29.3.